The summed E-state index contributed by atoms with van der Waals surface area (Å²) in [6, 6.07) is 5.70. The maximum Gasteiger partial charge on any atom is 0.225 e. The lowest BCUT2D eigenvalue weighted by molar-refractivity contribution is -0.126. The monoisotopic (exact) mass is 344 g/mol. The molecule has 2 aromatic heterocycles. The second-order valence-corrected chi connectivity index (χ2v) is 6.42. The summed E-state index contributed by atoms with van der Waals surface area (Å²) in [7, 11) is 1.87. The molecule has 1 aromatic carbocycles. The lowest BCUT2D eigenvalue weighted by Gasteiger charge is -2.21. The molecule has 3 aromatic rings. The van der Waals surface area contributed by atoms with Gasteiger partial charge in [-0.05, 0) is 18.6 Å². The van der Waals surface area contributed by atoms with Gasteiger partial charge in [-0.1, -0.05) is 17.7 Å². The predicted molar refractivity (Wildman–Crippen MR) is 89.4 cm³/mol. The smallest absolute Gasteiger partial charge is 0.225 e. The van der Waals surface area contributed by atoms with Crippen LogP contribution in [0.2, 0.25) is 5.02 Å². The zero-order valence-corrected chi connectivity index (χ0v) is 14.0. The molecule has 24 heavy (non-hydrogen) atoms. The van der Waals surface area contributed by atoms with E-state index in [2.05, 4.69) is 20.5 Å². The fourth-order valence-electron chi connectivity index (χ4n) is 3.24. The van der Waals surface area contributed by atoms with Gasteiger partial charge in [0.2, 0.25) is 5.91 Å². The number of amides is 1. The maximum atomic E-state index is 12.5. The highest BCUT2D eigenvalue weighted by Gasteiger charge is 2.26. The minimum absolute atomic E-state index is 0.0157. The van der Waals surface area contributed by atoms with E-state index in [0.717, 1.165) is 35.3 Å². The van der Waals surface area contributed by atoms with Gasteiger partial charge < -0.3 is 5.32 Å². The number of aryl methyl sites for hydroxylation is 2. The van der Waals surface area contributed by atoms with Crippen molar-refractivity contribution in [1.29, 1.82) is 0 Å². The molecule has 0 saturated heterocycles. The summed E-state index contributed by atoms with van der Waals surface area (Å²) in [5.41, 5.74) is 1.74. The number of hydrogen-bond donors (Lipinski definition) is 1. The Hall–Kier alpha value is -2.41. The molecule has 3 heterocycles. The Morgan fingerprint density at radius 3 is 3.21 bits per heavy atom. The Bertz CT molecular complexity index is 915. The van der Waals surface area contributed by atoms with Gasteiger partial charge in [-0.2, -0.15) is 10.2 Å². The number of carbonyl (C=O) groups is 1. The zero-order chi connectivity index (χ0) is 16.7. The van der Waals surface area contributed by atoms with Crippen LogP contribution in [-0.2, 0) is 31.4 Å². The highest BCUT2D eigenvalue weighted by molar-refractivity contribution is 6.35. The molecule has 1 aliphatic rings. The van der Waals surface area contributed by atoms with Crippen LogP contribution < -0.4 is 5.32 Å². The Labute approximate surface area is 143 Å². The predicted octanol–water partition coefficient (Wildman–Crippen LogP) is 1.70. The third-order valence-corrected chi connectivity index (χ3v) is 4.82. The molecule has 7 nitrogen and oxygen atoms in total. The van der Waals surface area contributed by atoms with Crippen molar-refractivity contribution >= 4 is 28.4 Å². The summed E-state index contributed by atoms with van der Waals surface area (Å²) in [5, 5.41) is 13.2. The lowest BCUT2D eigenvalue weighted by atomic mass is 9.99. The van der Waals surface area contributed by atoms with Crippen molar-refractivity contribution < 1.29 is 4.79 Å². The molecule has 1 atom stereocenters. The SMILES string of the molecule is Cn1nc(CNC(=O)C2CCc3ncnn3C2)c2c(Cl)cccc21. The second-order valence-electron chi connectivity index (χ2n) is 6.02. The van der Waals surface area contributed by atoms with E-state index >= 15 is 0 Å². The molecule has 0 saturated carbocycles. The van der Waals surface area contributed by atoms with Gasteiger partial charge in [-0.15, -0.1) is 0 Å². The van der Waals surface area contributed by atoms with E-state index < -0.39 is 0 Å². The van der Waals surface area contributed by atoms with Gasteiger partial charge in [0.05, 0.1) is 35.2 Å². The third kappa shape index (κ3) is 2.54. The van der Waals surface area contributed by atoms with Crippen molar-refractivity contribution in [3.05, 3.63) is 41.1 Å². The van der Waals surface area contributed by atoms with Gasteiger partial charge in [-0.25, -0.2) is 9.67 Å². The summed E-state index contributed by atoms with van der Waals surface area (Å²) < 4.78 is 3.59. The molecule has 1 aliphatic heterocycles. The molecule has 124 valence electrons. The molecule has 1 N–H and O–H groups in total. The third-order valence-electron chi connectivity index (χ3n) is 4.51. The maximum absolute atomic E-state index is 12.5. The Kier molecular flexibility index (Phi) is 3.72. The molecule has 4 rings (SSSR count). The molecule has 0 fully saturated rings. The standard InChI is InChI=1S/C16H17ClN6O/c1-22-13-4-2-3-11(17)15(13)12(21-22)7-18-16(24)10-5-6-14-19-9-20-23(14)8-10/h2-4,9-10H,5-8H2,1H3,(H,18,24). The van der Waals surface area contributed by atoms with E-state index in [4.69, 9.17) is 11.6 Å². The van der Waals surface area contributed by atoms with E-state index in [-0.39, 0.29) is 11.8 Å². The molecule has 0 radical (unpaired) electrons. The number of hydrogen-bond acceptors (Lipinski definition) is 4. The van der Waals surface area contributed by atoms with Crippen molar-refractivity contribution in [2.24, 2.45) is 13.0 Å². The average molecular weight is 345 g/mol. The number of carbonyl (C=O) groups excluding carboxylic acids is 1. The largest absolute Gasteiger partial charge is 0.350 e. The van der Waals surface area contributed by atoms with Gasteiger partial charge in [-0.3, -0.25) is 9.48 Å². The highest BCUT2D eigenvalue weighted by Crippen LogP contribution is 2.26. The molecular formula is C16H17ClN6O. The van der Waals surface area contributed by atoms with Gasteiger partial charge in [0.1, 0.15) is 12.2 Å². The van der Waals surface area contributed by atoms with Crippen LogP contribution in [0.3, 0.4) is 0 Å². The first-order valence-electron chi connectivity index (χ1n) is 7.88. The summed E-state index contributed by atoms with van der Waals surface area (Å²) in [6.07, 6.45) is 3.10. The van der Waals surface area contributed by atoms with Crippen molar-refractivity contribution in [1.82, 2.24) is 29.9 Å². The first-order chi connectivity index (χ1) is 11.6. The van der Waals surface area contributed by atoms with Crippen LogP contribution in [-0.4, -0.2) is 30.5 Å². The molecular weight excluding hydrogens is 328 g/mol. The van der Waals surface area contributed by atoms with E-state index in [0.29, 0.717) is 18.1 Å². The summed E-state index contributed by atoms with van der Waals surface area (Å²) >= 11 is 6.30. The molecule has 1 amide bonds. The fourth-order valence-corrected chi connectivity index (χ4v) is 3.52. The van der Waals surface area contributed by atoms with Crippen LogP contribution in [0, 0.1) is 5.92 Å². The summed E-state index contributed by atoms with van der Waals surface area (Å²) in [4.78, 5) is 16.7. The molecule has 0 aliphatic carbocycles. The zero-order valence-electron chi connectivity index (χ0n) is 13.2. The van der Waals surface area contributed by atoms with Crippen molar-refractivity contribution in [3.8, 4) is 0 Å². The molecule has 0 bridgehead atoms. The van der Waals surface area contributed by atoms with Crippen LogP contribution in [0.15, 0.2) is 24.5 Å². The van der Waals surface area contributed by atoms with Crippen LogP contribution in [0.25, 0.3) is 10.9 Å². The van der Waals surface area contributed by atoms with Crippen LogP contribution >= 0.6 is 11.6 Å². The molecule has 8 heteroatoms. The average Bonchev–Trinajstić information content (AvgIpc) is 3.17. The quantitative estimate of drug-likeness (QED) is 0.784. The van der Waals surface area contributed by atoms with Gasteiger partial charge in [0.15, 0.2) is 0 Å². The minimum atomic E-state index is -0.0929. The normalized spacial score (nSPS) is 17.0. The number of aromatic nitrogens is 5. The number of fused-ring (bicyclic) bond motifs is 2. The number of benzene rings is 1. The minimum Gasteiger partial charge on any atom is -0.350 e. The number of nitrogens with zero attached hydrogens (tertiary/aromatic N) is 5. The van der Waals surface area contributed by atoms with E-state index in [1.165, 1.54) is 6.33 Å². The number of rotatable bonds is 3. The Morgan fingerprint density at radius 1 is 1.46 bits per heavy atom. The topological polar surface area (TPSA) is 77.6 Å². The second kappa shape index (κ2) is 5.90. The number of halogens is 1. The van der Waals surface area contributed by atoms with Gasteiger partial charge in [0.25, 0.3) is 0 Å². The van der Waals surface area contributed by atoms with E-state index in [1.54, 1.807) is 9.36 Å². The van der Waals surface area contributed by atoms with Crippen LogP contribution in [0.4, 0.5) is 0 Å². The Morgan fingerprint density at radius 2 is 2.33 bits per heavy atom. The van der Waals surface area contributed by atoms with Crippen LogP contribution in [0.1, 0.15) is 17.9 Å². The number of nitrogens with one attached hydrogen (secondary N) is 1. The Balaban J connectivity index is 1.49. The van der Waals surface area contributed by atoms with E-state index in [9.17, 15) is 4.79 Å². The lowest BCUT2D eigenvalue weighted by Crippen LogP contribution is -2.36. The summed E-state index contributed by atoms with van der Waals surface area (Å²) in [6.45, 7) is 0.936. The van der Waals surface area contributed by atoms with Crippen molar-refractivity contribution in [2.75, 3.05) is 0 Å². The fraction of sp³-hybridized carbons (Fsp3) is 0.375. The first kappa shape index (κ1) is 15.1. The first-order valence-corrected chi connectivity index (χ1v) is 8.26. The van der Waals surface area contributed by atoms with Crippen LogP contribution in [0.5, 0.6) is 0 Å². The highest BCUT2D eigenvalue weighted by atomic mass is 35.5. The van der Waals surface area contributed by atoms with Crippen molar-refractivity contribution in [3.63, 3.8) is 0 Å². The van der Waals surface area contributed by atoms with Crippen molar-refractivity contribution in [2.45, 2.75) is 25.9 Å². The van der Waals surface area contributed by atoms with E-state index in [1.807, 2.05) is 25.2 Å². The van der Waals surface area contributed by atoms with Gasteiger partial charge in [0, 0.05) is 18.9 Å². The van der Waals surface area contributed by atoms with Gasteiger partial charge >= 0.3 is 0 Å². The summed E-state index contributed by atoms with van der Waals surface area (Å²) in [5.74, 6) is 0.869. The molecule has 1 unspecified atom stereocenters. The molecule has 0 spiro atoms.